The van der Waals surface area contributed by atoms with Gasteiger partial charge >= 0.3 is 6.18 Å². The van der Waals surface area contributed by atoms with E-state index < -0.39 is 21.8 Å². The van der Waals surface area contributed by atoms with Crippen LogP contribution in [0.1, 0.15) is 37.7 Å². The number of rotatable bonds is 7. The predicted molar refractivity (Wildman–Crippen MR) is 102 cm³/mol. The van der Waals surface area contributed by atoms with Gasteiger partial charge in [0.15, 0.2) is 0 Å². The highest BCUT2D eigenvalue weighted by Crippen LogP contribution is 2.32. The second kappa shape index (κ2) is 9.44. The van der Waals surface area contributed by atoms with Crippen molar-refractivity contribution in [2.45, 2.75) is 55.3 Å². The fraction of sp³-hybridized carbons (Fsp3) is 0.632. The molecule has 10 heteroatoms. The molecule has 29 heavy (non-hydrogen) atoms. The maximum absolute atomic E-state index is 12.8. The predicted octanol–water partition coefficient (Wildman–Crippen LogP) is 3.13. The van der Waals surface area contributed by atoms with Crippen molar-refractivity contribution in [3.05, 3.63) is 29.8 Å². The number of carbonyl (C=O) groups is 1. The number of nitrogens with zero attached hydrogens (tertiary/aromatic N) is 2. The van der Waals surface area contributed by atoms with Gasteiger partial charge < -0.3 is 9.64 Å². The van der Waals surface area contributed by atoms with Gasteiger partial charge in [-0.15, -0.1) is 0 Å². The Kier molecular flexibility index (Phi) is 7.69. The Hall–Kier alpha value is -1.65. The first-order valence-electron chi connectivity index (χ1n) is 9.40. The summed E-state index contributed by atoms with van der Waals surface area (Å²) >= 11 is 0. The van der Waals surface area contributed by atoms with E-state index in [0.717, 1.165) is 24.3 Å². The van der Waals surface area contributed by atoms with Crippen LogP contribution >= 0.6 is 0 Å². The van der Waals surface area contributed by atoms with Crippen molar-refractivity contribution >= 4 is 15.9 Å². The number of amides is 1. The fourth-order valence-corrected chi connectivity index (χ4v) is 4.71. The molecule has 0 radical (unpaired) electrons. The van der Waals surface area contributed by atoms with Gasteiger partial charge in [-0.3, -0.25) is 4.79 Å². The Morgan fingerprint density at radius 3 is 2.10 bits per heavy atom. The van der Waals surface area contributed by atoms with E-state index in [1.165, 1.54) is 16.3 Å². The number of benzene rings is 1. The fourth-order valence-electron chi connectivity index (χ4n) is 3.29. The second-order valence-electron chi connectivity index (χ2n) is 7.38. The van der Waals surface area contributed by atoms with Gasteiger partial charge in [-0.05, 0) is 49.9 Å². The Bertz CT molecular complexity index is 787. The summed E-state index contributed by atoms with van der Waals surface area (Å²) in [4.78, 5) is 12.9. The average molecular weight is 436 g/mol. The molecule has 0 atom stereocenters. The van der Waals surface area contributed by atoms with Crippen LogP contribution in [0.2, 0.25) is 0 Å². The first-order chi connectivity index (χ1) is 13.4. The second-order valence-corrected chi connectivity index (χ2v) is 9.38. The van der Waals surface area contributed by atoms with Crippen LogP contribution in [-0.4, -0.2) is 63.4 Å². The smallest absolute Gasteiger partial charge is 0.378 e. The Morgan fingerprint density at radius 2 is 1.62 bits per heavy atom. The molecule has 0 aromatic heterocycles. The minimum atomic E-state index is -4.51. The summed E-state index contributed by atoms with van der Waals surface area (Å²) in [6.07, 6.45) is -1.74. The maximum Gasteiger partial charge on any atom is 0.416 e. The van der Waals surface area contributed by atoms with Gasteiger partial charge in [-0.1, -0.05) is 0 Å². The molecule has 0 spiro atoms. The largest absolute Gasteiger partial charge is 0.416 e. The minimum absolute atomic E-state index is 0.0129. The Morgan fingerprint density at radius 1 is 1.07 bits per heavy atom. The number of ether oxygens (including phenoxy) is 1. The summed E-state index contributed by atoms with van der Waals surface area (Å²) < 4.78 is 70.5. The van der Waals surface area contributed by atoms with Gasteiger partial charge in [0.25, 0.3) is 0 Å². The van der Waals surface area contributed by atoms with Crippen LogP contribution in [-0.2, 0) is 25.7 Å². The molecular weight excluding hydrogens is 409 g/mol. The molecule has 1 aromatic rings. The zero-order valence-electron chi connectivity index (χ0n) is 16.8. The van der Waals surface area contributed by atoms with Crippen molar-refractivity contribution in [1.29, 1.82) is 0 Å². The third-order valence-corrected chi connectivity index (χ3v) is 7.11. The molecule has 1 aliphatic rings. The molecule has 6 nitrogen and oxygen atoms in total. The average Bonchev–Trinajstić information content (AvgIpc) is 2.67. The zero-order valence-corrected chi connectivity index (χ0v) is 17.6. The van der Waals surface area contributed by atoms with Gasteiger partial charge in [0.2, 0.25) is 15.9 Å². The highest BCUT2D eigenvalue weighted by molar-refractivity contribution is 7.89. The first kappa shape index (κ1) is 23.6. The van der Waals surface area contributed by atoms with Gasteiger partial charge in [-0.25, -0.2) is 8.42 Å². The van der Waals surface area contributed by atoms with E-state index >= 15 is 0 Å². The van der Waals surface area contributed by atoms with E-state index in [0.29, 0.717) is 38.7 Å². The van der Waals surface area contributed by atoms with Crippen molar-refractivity contribution in [2.24, 2.45) is 0 Å². The number of hydrogen-bond acceptors (Lipinski definition) is 4. The summed E-state index contributed by atoms with van der Waals surface area (Å²) in [5.74, 6) is -0.0129. The molecule has 1 amide bonds. The molecule has 164 valence electrons. The molecule has 0 N–H and O–H groups in total. The van der Waals surface area contributed by atoms with Crippen LogP contribution in [0.4, 0.5) is 13.2 Å². The molecule has 1 aromatic carbocycles. The van der Waals surface area contributed by atoms with Crippen LogP contribution < -0.4 is 0 Å². The third kappa shape index (κ3) is 6.16. The highest BCUT2D eigenvalue weighted by atomic mass is 32.2. The lowest BCUT2D eigenvalue weighted by atomic mass is 9.93. The first-order valence-corrected chi connectivity index (χ1v) is 10.8. The maximum atomic E-state index is 12.8. The van der Waals surface area contributed by atoms with E-state index in [1.807, 2.05) is 0 Å². The van der Waals surface area contributed by atoms with Gasteiger partial charge in [0, 0.05) is 27.2 Å². The molecule has 2 rings (SSSR count). The molecule has 0 aliphatic heterocycles. The number of halogens is 3. The van der Waals surface area contributed by atoms with Crippen LogP contribution in [0.15, 0.2) is 29.2 Å². The molecule has 1 aliphatic carbocycles. The van der Waals surface area contributed by atoms with E-state index in [1.54, 1.807) is 14.1 Å². The van der Waals surface area contributed by atoms with Gasteiger partial charge in [0.1, 0.15) is 0 Å². The third-order valence-electron chi connectivity index (χ3n) is 5.18. The van der Waals surface area contributed by atoms with Crippen molar-refractivity contribution in [3.8, 4) is 0 Å². The quantitative estimate of drug-likeness (QED) is 0.659. The lowest BCUT2D eigenvalue weighted by Gasteiger charge is -2.34. The highest BCUT2D eigenvalue weighted by Gasteiger charge is 2.34. The SMILES string of the molecule is CN(C)C(=O)CCO[C@H]1CC[C@H](N(C)S(=O)(=O)c2ccc(C(F)(F)F)cc2)CC1. The summed E-state index contributed by atoms with van der Waals surface area (Å²) in [6, 6.07) is 3.29. The lowest BCUT2D eigenvalue weighted by Crippen LogP contribution is -2.40. The summed E-state index contributed by atoms with van der Waals surface area (Å²) in [5, 5.41) is 0. The van der Waals surface area contributed by atoms with Crippen molar-refractivity contribution < 1.29 is 31.1 Å². The summed E-state index contributed by atoms with van der Waals surface area (Å²) in [6.45, 7) is 0.325. The van der Waals surface area contributed by atoms with Crippen LogP contribution in [0.5, 0.6) is 0 Å². The Balaban J connectivity index is 1.90. The number of carbonyl (C=O) groups excluding carboxylic acids is 1. The molecule has 0 saturated heterocycles. The van der Waals surface area contributed by atoms with E-state index in [2.05, 4.69) is 0 Å². The molecular formula is C19H27F3N2O4S. The standard InChI is InChI=1S/C19H27F3N2O4S/c1-23(2)18(25)12-13-28-16-8-6-15(7-9-16)24(3)29(26,27)17-10-4-14(5-11-17)19(20,21)22/h4-5,10-11,15-16H,6-9,12-13H2,1-3H3/t15-,16-. The summed E-state index contributed by atoms with van der Waals surface area (Å²) in [7, 11) is 0.934. The Labute approximate surface area is 169 Å². The summed E-state index contributed by atoms with van der Waals surface area (Å²) in [5.41, 5.74) is -0.885. The van der Waals surface area contributed by atoms with E-state index in [-0.39, 0.29) is 22.9 Å². The number of hydrogen-bond donors (Lipinski definition) is 0. The monoisotopic (exact) mass is 436 g/mol. The molecule has 1 saturated carbocycles. The number of sulfonamides is 1. The minimum Gasteiger partial charge on any atom is -0.378 e. The van der Waals surface area contributed by atoms with Gasteiger partial charge in [-0.2, -0.15) is 17.5 Å². The topological polar surface area (TPSA) is 66.9 Å². The van der Waals surface area contributed by atoms with Crippen molar-refractivity contribution in [2.75, 3.05) is 27.7 Å². The van der Waals surface area contributed by atoms with Crippen LogP contribution in [0.25, 0.3) is 0 Å². The van der Waals surface area contributed by atoms with Crippen LogP contribution in [0, 0.1) is 0 Å². The number of alkyl halides is 3. The molecule has 0 heterocycles. The van der Waals surface area contributed by atoms with Gasteiger partial charge in [0.05, 0.1) is 29.6 Å². The van der Waals surface area contributed by atoms with E-state index in [4.69, 9.17) is 4.74 Å². The van der Waals surface area contributed by atoms with Crippen molar-refractivity contribution in [1.82, 2.24) is 9.21 Å². The molecule has 1 fully saturated rings. The molecule has 0 bridgehead atoms. The van der Waals surface area contributed by atoms with Crippen LogP contribution in [0.3, 0.4) is 0 Å². The lowest BCUT2D eigenvalue weighted by molar-refractivity contribution is -0.137. The molecule has 0 unspecified atom stereocenters. The zero-order chi connectivity index (χ0) is 21.8. The van der Waals surface area contributed by atoms with E-state index in [9.17, 15) is 26.4 Å². The van der Waals surface area contributed by atoms with Crippen molar-refractivity contribution in [3.63, 3.8) is 0 Å². The normalized spacial score (nSPS) is 20.7.